The highest BCUT2D eigenvalue weighted by Gasteiger charge is 2.13. The van der Waals surface area contributed by atoms with Crippen LogP contribution in [0, 0.1) is 0 Å². The van der Waals surface area contributed by atoms with Gasteiger partial charge < -0.3 is 19.9 Å². The zero-order valence-corrected chi connectivity index (χ0v) is 14.9. The Kier molecular flexibility index (Phi) is 6.01. The van der Waals surface area contributed by atoms with E-state index in [0.717, 1.165) is 0 Å². The van der Waals surface area contributed by atoms with Gasteiger partial charge in [-0.1, -0.05) is 11.6 Å². The molecule has 0 aliphatic rings. The van der Waals surface area contributed by atoms with E-state index in [-0.39, 0.29) is 0 Å². The number of nitrogens with zero attached hydrogens (tertiary/aromatic N) is 3. The lowest BCUT2D eigenvalue weighted by Gasteiger charge is -2.08. The molecule has 3 rings (SSSR count). The SMILES string of the molecule is O=C(NCCn1ccnc1)C(=O)Nc1ccc(Oc2ccc(Cl)cn2)cc1. The number of hydrogen-bond acceptors (Lipinski definition) is 5. The van der Waals surface area contributed by atoms with E-state index in [2.05, 4.69) is 20.6 Å². The summed E-state index contributed by atoms with van der Waals surface area (Å²) in [5, 5.41) is 5.59. The number of carbonyl (C=O) groups excluding carboxylic acids is 2. The third kappa shape index (κ3) is 5.55. The second kappa shape index (κ2) is 8.81. The van der Waals surface area contributed by atoms with E-state index < -0.39 is 11.8 Å². The number of aromatic nitrogens is 3. The molecule has 0 saturated carbocycles. The molecule has 2 aromatic heterocycles. The van der Waals surface area contributed by atoms with Crippen LogP contribution >= 0.6 is 11.6 Å². The van der Waals surface area contributed by atoms with E-state index in [1.165, 1.54) is 6.20 Å². The molecule has 27 heavy (non-hydrogen) atoms. The van der Waals surface area contributed by atoms with Crippen molar-refractivity contribution in [1.82, 2.24) is 19.9 Å². The van der Waals surface area contributed by atoms with Crippen LogP contribution in [0.15, 0.2) is 61.3 Å². The minimum Gasteiger partial charge on any atom is -0.439 e. The first-order valence-corrected chi connectivity index (χ1v) is 8.42. The molecular formula is C18H16ClN5O3. The first-order valence-electron chi connectivity index (χ1n) is 8.04. The topological polar surface area (TPSA) is 98.1 Å². The van der Waals surface area contributed by atoms with Crippen molar-refractivity contribution in [1.29, 1.82) is 0 Å². The fourth-order valence-corrected chi connectivity index (χ4v) is 2.25. The van der Waals surface area contributed by atoms with Gasteiger partial charge in [0, 0.05) is 43.4 Å². The summed E-state index contributed by atoms with van der Waals surface area (Å²) >= 11 is 5.77. The molecule has 2 amide bonds. The number of imidazole rings is 1. The van der Waals surface area contributed by atoms with Crippen molar-refractivity contribution in [2.75, 3.05) is 11.9 Å². The third-order valence-corrected chi connectivity index (χ3v) is 3.68. The number of ether oxygens (including phenoxy) is 1. The van der Waals surface area contributed by atoms with Gasteiger partial charge in [-0.25, -0.2) is 9.97 Å². The smallest absolute Gasteiger partial charge is 0.313 e. The molecule has 0 fully saturated rings. The Hall–Kier alpha value is -3.39. The molecule has 0 unspecified atom stereocenters. The minimum atomic E-state index is -0.742. The van der Waals surface area contributed by atoms with E-state index in [4.69, 9.17) is 16.3 Å². The highest BCUT2D eigenvalue weighted by Crippen LogP contribution is 2.22. The van der Waals surface area contributed by atoms with Crippen LogP contribution in [-0.2, 0) is 16.1 Å². The zero-order valence-electron chi connectivity index (χ0n) is 14.1. The van der Waals surface area contributed by atoms with Gasteiger partial charge in [-0.05, 0) is 30.3 Å². The normalized spacial score (nSPS) is 10.3. The van der Waals surface area contributed by atoms with Crippen molar-refractivity contribution in [2.45, 2.75) is 6.54 Å². The van der Waals surface area contributed by atoms with Gasteiger partial charge in [-0.3, -0.25) is 9.59 Å². The molecule has 2 heterocycles. The summed E-state index contributed by atoms with van der Waals surface area (Å²) in [5.74, 6) is -0.518. The Bertz CT molecular complexity index is 896. The molecule has 0 bridgehead atoms. The lowest BCUT2D eigenvalue weighted by atomic mass is 10.3. The van der Waals surface area contributed by atoms with Gasteiger partial charge in [-0.2, -0.15) is 0 Å². The fourth-order valence-electron chi connectivity index (χ4n) is 2.14. The maximum Gasteiger partial charge on any atom is 0.313 e. The fraction of sp³-hybridized carbons (Fsp3) is 0.111. The Balaban J connectivity index is 1.47. The molecule has 0 atom stereocenters. The van der Waals surface area contributed by atoms with E-state index in [1.807, 2.05) is 0 Å². The number of amides is 2. The first kappa shape index (κ1) is 18.4. The Morgan fingerprint density at radius 1 is 1.11 bits per heavy atom. The standard InChI is InChI=1S/C18H16ClN5O3/c19-13-1-6-16(22-11-13)27-15-4-2-14(3-5-15)23-18(26)17(25)21-8-10-24-9-7-20-12-24/h1-7,9,11-12H,8,10H2,(H,21,25)(H,23,26). The van der Waals surface area contributed by atoms with Crippen LogP contribution in [0.25, 0.3) is 0 Å². The van der Waals surface area contributed by atoms with Gasteiger partial charge >= 0.3 is 11.8 Å². The molecule has 0 aliphatic heterocycles. The van der Waals surface area contributed by atoms with Crippen molar-refractivity contribution in [3.63, 3.8) is 0 Å². The second-order valence-corrected chi connectivity index (χ2v) is 5.89. The summed E-state index contributed by atoms with van der Waals surface area (Å²) < 4.78 is 7.36. The predicted molar refractivity (Wildman–Crippen MR) is 99.6 cm³/mol. The number of anilines is 1. The summed E-state index contributed by atoms with van der Waals surface area (Å²) in [6.45, 7) is 0.854. The van der Waals surface area contributed by atoms with Crippen molar-refractivity contribution < 1.29 is 14.3 Å². The van der Waals surface area contributed by atoms with Crippen LogP contribution in [0.1, 0.15) is 0 Å². The maximum atomic E-state index is 11.9. The monoisotopic (exact) mass is 385 g/mol. The molecule has 8 nitrogen and oxygen atoms in total. The largest absolute Gasteiger partial charge is 0.439 e. The average Bonchev–Trinajstić information content (AvgIpc) is 3.18. The average molecular weight is 386 g/mol. The summed E-state index contributed by atoms with van der Waals surface area (Å²) in [5.41, 5.74) is 0.473. The molecule has 1 aromatic carbocycles. The van der Waals surface area contributed by atoms with Crippen molar-refractivity contribution in [2.24, 2.45) is 0 Å². The minimum absolute atomic E-state index is 0.323. The van der Waals surface area contributed by atoms with Crippen LogP contribution in [0.5, 0.6) is 11.6 Å². The van der Waals surface area contributed by atoms with Gasteiger partial charge in [0.25, 0.3) is 0 Å². The molecular weight excluding hydrogens is 370 g/mol. The molecule has 0 saturated heterocycles. The van der Waals surface area contributed by atoms with E-state index in [0.29, 0.717) is 35.4 Å². The van der Waals surface area contributed by atoms with E-state index in [9.17, 15) is 9.59 Å². The van der Waals surface area contributed by atoms with Gasteiger partial charge in [0.1, 0.15) is 5.75 Å². The quantitative estimate of drug-likeness (QED) is 0.635. The first-order chi connectivity index (χ1) is 13.1. The van der Waals surface area contributed by atoms with E-state index >= 15 is 0 Å². The number of carbonyl (C=O) groups is 2. The summed E-state index contributed by atoms with van der Waals surface area (Å²) in [7, 11) is 0. The van der Waals surface area contributed by atoms with Crippen molar-refractivity contribution >= 4 is 29.1 Å². The number of hydrogen-bond donors (Lipinski definition) is 2. The molecule has 138 valence electrons. The summed E-state index contributed by atoms with van der Waals surface area (Å²) in [4.78, 5) is 31.7. The zero-order chi connectivity index (χ0) is 19.1. The van der Waals surface area contributed by atoms with Gasteiger partial charge in [-0.15, -0.1) is 0 Å². The molecule has 0 spiro atoms. The van der Waals surface area contributed by atoms with Crippen LogP contribution in [0.4, 0.5) is 5.69 Å². The molecule has 0 radical (unpaired) electrons. The number of nitrogens with one attached hydrogen (secondary N) is 2. The van der Waals surface area contributed by atoms with Gasteiger partial charge in [0.15, 0.2) is 0 Å². The van der Waals surface area contributed by atoms with Gasteiger partial charge in [0.2, 0.25) is 5.88 Å². The predicted octanol–water partition coefficient (Wildman–Crippen LogP) is 2.48. The third-order valence-electron chi connectivity index (χ3n) is 3.46. The summed E-state index contributed by atoms with van der Waals surface area (Å²) in [6, 6.07) is 9.88. The lowest BCUT2D eigenvalue weighted by Crippen LogP contribution is -2.36. The van der Waals surface area contributed by atoms with E-state index in [1.54, 1.807) is 59.7 Å². The Labute approximate surface area is 160 Å². The number of pyridine rings is 1. The maximum absolute atomic E-state index is 11.9. The highest BCUT2D eigenvalue weighted by molar-refractivity contribution is 6.39. The van der Waals surface area contributed by atoms with Gasteiger partial charge in [0.05, 0.1) is 11.3 Å². The molecule has 9 heteroatoms. The van der Waals surface area contributed by atoms with Crippen LogP contribution < -0.4 is 15.4 Å². The lowest BCUT2D eigenvalue weighted by molar-refractivity contribution is -0.136. The Morgan fingerprint density at radius 2 is 1.93 bits per heavy atom. The number of halogens is 1. The van der Waals surface area contributed by atoms with Crippen LogP contribution in [0.2, 0.25) is 5.02 Å². The van der Waals surface area contributed by atoms with Crippen molar-refractivity contribution in [3.05, 3.63) is 66.3 Å². The summed E-state index contributed by atoms with van der Waals surface area (Å²) in [6.07, 6.45) is 6.53. The number of rotatable bonds is 6. The van der Waals surface area contributed by atoms with Crippen molar-refractivity contribution in [3.8, 4) is 11.6 Å². The molecule has 0 aliphatic carbocycles. The Morgan fingerprint density at radius 3 is 2.59 bits per heavy atom. The molecule has 2 N–H and O–H groups in total. The second-order valence-electron chi connectivity index (χ2n) is 5.45. The highest BCUT2D eigenvalue weighted by atomic mass is 35.5. The van der Waals surface area contributed by atoms with Crippen LogP contribution in [-0.4, -0.2) is 32.9 Å². The van der Waals surface area contributed by atoms with Crippen LogP contribution in [0.3, 0.4) is 0 Å². The molecule has 3 aromatic rings. The number of benzene rings is 1.